The van der Waals surface area contributed by atoms with E-state index in [0.717, 1.165) is 25.7 Å². The lowest BCUT2D eigenvalue weighted by atomic mass is 9.55. The lowest BCUT2D eigenvalue weighted by Crippen LogP contribution is -2.65. The minimum absolute atomic E-state index is 0.144. The van der Waals surface area contributed by atoms with Crippen LogP contribution in [-0.4, -0.2) is 29.5 Å². The van der Waals surface area contributed by atoms with Crippen molar-refractivity contribution in [3.63, 3.8) is 0 Å². The molecule has 3 nitrogen and oxygen atoms in total. The number of ether oxygens (including phenoxy) is 1. The van der Waals surface area contributed by atoms with Crippen LogP contribution in [0.15, 0.2) is 0 Å². The van der Waals surface area contributed by atoms with E-state index in [1.807, 2.05) is 0 Å². The van der Waals surface area contributed by atoms with Gasteiger partial charge in [-0.1, -0.05) is 27.7 Å². The molecule has 0 aromatic rings. The van der Waals surface area contributed by atoms with Crippen LogP contribution in [0.25, 0.3) is 0 Å². The fraction of sp³-hybridized carbons (Fsp3) is 1.00. The second-order valence-corrected chi connectivity index (χ2v) is 7.85. The van der Waals surface area contributed by atoms with E-state index in [1.54, 1.807) is 0 Å². The normalized spacial score (nSPS) is 39.2. The molecule has 1 heterocycles. The topological polar surface area (TPSA) is 55.5 Å². The maximum Gasteiger partial charge on any atom is 0.0859 e. The second kappa shape index (κ2) is 3.69. The van der Waals surface area contributed by atoms with Crippen LogP contribution in [0.2, 0.25) is 0 Å². The molecule has 1 saturated carbocycles. The zero-order valence-corrected chi connectivity index (χ0v) is 11.7. The summed E-state index contributed by atoms with van der Waals surface area (Å²) >= 11 is 0. The molecular weight excluding hydrogens is 214 g/mol. The lowest BCUT2D eigenvalue weighted by Gasteiger charge is -2.55. The lowest BCUT2D eigenvalue weighted by molar-refractivity contribution is -0.132. The smallest absolute Gasteiger partial charge is 0.0859 e. The van der Waals surface area contributed by atoms with Gasteiger partial charge in [0.05, 0.1) is 17.7 Å². The molecule has 1 saturated heterocycles. The molecule has 17 heavy (non-hydrogen) atoms. The van der Waals surface area contributed by atoms with Gasteiger partial charge in [0, 0.05) is 6.61 Å². The van der Waals surface area contributed by atoms with Gasteiger partial charge in [-0.15, -0.1) is 0 Å². The molecule has 0 aromatic carbocycles. The Kier molecular flexibility index (Phi) is 2.89. The number of hydrogen-bond acceptors (Lipinski definition) is 3. The molecule has 2 aliphatic rings. The second-order valence-electron chi connectivity index (χ2n) is 7.85. The molecule has 1 atom stereocenters. The Bertz CT molecular complexity index is 287. The van der Waals surface area contributed by atoms with Gasteiger partial charge in [-0.25, -0.2) is 0 Å². The van der Waals surface area contributed by atoms with Crippen molar-refractivity contribution in [2.45, 2.75) is 64.5 Å². The number of nitrogens with two attached hydrogens (primary N) is 1. The summed E-state index contributed by atoms with van der Waals surface area (Å²) in [6, 6.07) is 0. The average Bonchev–Trinajstić information content (AvgIpc) is 2.46. The monoisotopic (exact) mass is 241 g/mol. The highest BCUT2D eigenvalue weighted by molar-refractivity contribution is 5.12. The third kappa shape index (κ3) is 2.38. The first-order chi connectivity index (χ1) is 7.58. The van der Waals surface area contributed by atoms with Crippen LogP contribution in [0, 0.1) is 10.8 Å². The van der Waals surface area contributed by atoms with E-state index in [9.17, 15) is 5.11 Å². The summed E-state index contributed by atoms with van der Waals surface area (Å²) in [6.07, 6.45) is 3.47. The van der Waals surface area contributed by atoms with Crippen LogP contribution < -0.4 is 5.73 Å². The van der Waals surface area contributed by atoms with Crippen molar-refractivity contribution in [2.75, 3.05) is 13.2 Å². The van der Waals surface area contributed by atoms with Crippen LogP contribution in [-0.2, 0) is 4.74 Å². The molecule has 0 aromatic heterocycles. The van der Waals surface area contributed by atoms with E-state index in [2.05, 4.69) is 27.7 Å². The highest BCUT2D eigenvalue weighted by Crippen LogP contribution is 2.54. The zero-order valence-electron chi connectivity index (χ0n) is 11.7. The van der Waals surface area contributed by atoms with E-state index in [4.69, 9.17) is 10.5 Å². The van der Waals surface area contributed by atoms with Gasteiger partial charge in [0.15, 0.2) is 0 Å². The third-order valence-corrected chi connectivity index (χ3v) is 4.48. The quantitative estimate of drug-likeness (QED) is 0.739. The molecule has 2 rings (SSSR count). The molecule has 1 aliphatic carbocycles. The predicted molar refractivity (Wildman–Crippen MR) is 68.7 cm³/mol. The van der Waals surface area contributed by atoms with Gasteiger partial charge in [0.25, 0.3) is 0 Å². The van der Waals surface area contributed by atoms with Gasteiger partial charge in [-0.3, -0.25) is 0 Å². The first-order valence-electron chi connectivity index (χ1n) is 6.67. The fourth-order valence-electron chi connectivity index (χ4n) is 4.37. The maximum absolute atomic E-state index is 11.1. The Balaban J connectivity index is 2.30. The Morgan fingerprint density at radius 1 is 1.00 bits per heavy atom. The summed E-state index contributed by atoms with van der Waals surface area (Å²) in [5.74, 6) is 0. The molecule has 0 radical (unpaired) electrons. The predicted octanol–water partition coefficient (Wildman–Crippen LogP) is 2.07. The summed E-state index contributed by atoms with van der Waals surface area (Å²) in [6.45, 7) is 10.1. The van der Waals surface area contributed by atoms with Crippen molar-refractivity contribution >= 4 is 0 Å². The summed E-state index contributed by atoms with van der Waals surface area (Å²) in [4.78, 5) is 0. The van der Waals surface area contributed by atoms with Gasteiger partial charge < -0.3 is 15.6 Å². The Hall–Kier alpha value is -0.120. The van der Waals surface area contributed by atoms with E-state index in [1.165, 1.54) is 0 Å². The third-order valence-electron chi connectivity index (χ3n) is 4.48. The molecule has 2 fully saturated rings. The number of rotatable bonds is 1. The van der Waals surface area contributed by atoms with Gasteiger partial charge in [0.1, 0.15) is 0 Å². The van der Waals surface area contributed by atoms with Crippen molar-refractivity contribution in [3.8, 4) is 0 Å². The van der Waals surface area contributed by atoms with E-state index in [-0.39, 0.29) is 10.8 Å². The molecular formula is C14H27NO2. The summed E-state index contributed by atoms with van der Waals surface area (Å²) in [5, 5.41) is 11.1. The molecule has 0 amide bonds. The summed E-state index contributed by atoms with van der Waals surface area (Å²) in [5.41, 5.74) is 5.39. The van der Waals surface area contributed by atoms with E-state index in [0.29, 0.717) is 13.2 Å². The summed E-state index contributed by atoms with van der Waals surface area (Å²) < 4.78 is 5.43. The van der Waals surface area contributed by atoms with Crippen molar-refractivity contribution in [3.05, 3.63) is 0 Å². The molecule has 0 spiro atoms. The first kappa shape index (κ1) is 13.3. The largest absolute Gasteiger partial charge is 0.388 e. The van der Waals surface area contributed by atoms with Crippen LogP contribution in [0.4, 0.5) is 0 Å². The van der Waals surface area contributed by atoms with Crippen molar-refractivity contribution in [2.24, 2.45) is 16.6 Å². The fourth-order valence-corrected chi connectivity index (χ4v) is 4.37. The van der Waals surface area contributed by atoms with Gasteiger partial charge in [-0.2, -0.15) is 0 Å². The Labute approximate surface area is 105 Å². The number of aliphatic hydroxyl groups is 1. The van der Waals surface area contributed by atoms with Gasteiger partial charge >= 0.3 is 0 Å². The van der Waals surface area contributed by atoms with Crippen LogP contribution in [0.5, 0.6) is 0 Å². The standard InChI is InChI=1S/C14H27NO2/c1-11(2)7-12(3,4)9-14(16,8-11)13(15)5-6-17-10-13/h16H,5-10,15H2,1-4H3. The van der Waals surface area contributed by atoms with E-state index < -0.39 is 11.1 Å². The first-order valence-corrected chi connectivity index (χ1v) is 6.67. The highest BCUT2D eigenvalue weighted by atomic mass is 16.5. The highest BCUT2D eigenvalue weighted by Gasteiger charge is 2.57. The van der Waals surface area contributed by atoms with Gasteiger partial charge in [-0.05, 0) is 36.5 Å². The zero-order chi connectivity index (χ0) is 12.9. The van der Waals surface area contributed by atoms with Gasteiger partial charge in [0.2, 0.25) is 0 Å². The van der Waals surface area contributed by atoms with Crippen LogP contribution in [0.3, 0.4) is 0 Å². The van der Waals surface area contributed by atoms with Crippen molar-refractivity contribution in [1.82, 2.24) is 0 Å². The molecule has 100 valence electrons. The van der Waals surface area contributed by atoms with Crippen molar-refractivity contribution in [1.29, 1.82) is 0 Å². The summed E-state index contributed by atoms with van der Waals surface area (Å²) in [7, 11) is 0. The molecule has 1 aliphatic heterocycles. The number of hydrogen-bond donors (Lipinski definition) is 2. The minimum atomic E-state index is -0.783. The molecule has 3 N–H and O–H groups in total. The maximum atomic E-state index is 11.1. The molecule has 0 bridgehead atoms. The SMILES string of the molecule is CC1(C)CC(C)(C)CC(O)(C2(N)CCOC2)C1. The molecule has 1 unspecified atom stereocenters. The van der Waals surface area contributed by atoms with Crippen molar-refractivity contribution < 1.29 is 9.84 Å². The van der Waals surface area contributed by atoms with Crippen LogP contribution in [0.1, 0.15) is 53.4 Å². The minimum Gasteiger partial charge on any atom is -0.388 e. The van der Waals surface area contributed by atoms with Crippen LogP contribution >= 0.6 is 0 Å². The Morgan fingerprint density at radius 3 is 1.94 bits per heavy atom. The Morgan fingerprint density at radius 2 is 1.53 bits per heavy atom. The molecule has 3 heteroatoms. The average molecular weight is 241 g/mol. The van der Waals surface area contributed by atoms with E-state index >= 15 is 0 Å².